The van der Waals surface area contributed by atoms with Crippen LogP contribution in [-0.4, -0.2) is 26.4 Å². The van der Waals surface area contributed by atoms with Gasteiger partial charge in [-0.1, -0.05) is 12.1 Å². The summed E-state index contributed by atoms with van der Waals surface area (Å²) in [6.45, 7) is 6.05. The van der Waals surface area contributed by atoms with E-state index in [2.05, 4.69) is 47.4 Å². The number of pyridine rings is 1. The summed E-state index contributed by atoms with van der Waals surface area (Å²) in [4.78, 5) is 16.7. The molecule has 0 aliphatic heterocycles. The first kappa shape index (κ1) is 19.2. The van der Waals surface area contributed by atoms with Crippen molar-refractivity contribution in [3.63, 3.8) is 0 Å². The Morgan fingerprint density at radius 3 is 2.59 bits per heavy atom. The van der Waals surface area contributed by atoms with Crippen LogP contribution in [0.3, 0.4) is 0 Å². The maximum Gasteiger partial charge on any atom is 0.226 e. The predicted molar refractivity (Wildman–Crippen MR) is 111 cm³/mol. The number of aryl methyl sites for hydroxylation is 3. The van der Waals surface area contributed by atoms with Crippen molar-refractivity contribution >= 4 is 23.5 Å². The molecule has 0 aliphatic rings. The maximum absolute atomic E-state index is 12.4. The van der Waals surface area contributed by atoms with Gasteiger partial charge in [0, 0.05) is 30.2 Å². The van der Waals surface area contributed by atoms with Gasteiger partial charge < -0.3 is 5.32 Å². The van der Waals surface area contributed by atoms with Crippen molar-refractivity contribution in [3.05, 3.63) is 71.2 Å². The lowest BCUT2D eigenvalue weighted by Gasteiger charge is -2.10. The SMILES string of the molecule is Cc1cc(C)cc(-n2nc(C)cc2NC(=O)CCSCc2ccccn2)c1. The van der Waals surface area contributed by atoms with Crippen LogP contribution in [0, 0.1) is 20.8 Å². The van der Waals surface area contributed by atoms with E-state index in [1.165, 1.54) is 11.1 Å². The van der Waals surface area contributed by atoms with Crippen LogP contribution in [0.15, 0.2) is 48.7 Å². The lowest BCUT2D eigenvalue weighted by atomic mass is 10.1. The Morgan fingerprint density at radius 2 is 1.89 bits per heavy atom. The molecule has 2 aromatic heterocycles. The van der Waals surface area contributed by atoms with Gasteiger partial charge in [0.05, 0.1) is 17.1 Å². The Balaban J connectivity index is 1.59. The average molecular weight is 381 g/mol. The molecule has 5 nitrogen and oxygen atoms in total. The second kappa shape index (κ2) is 8.86. The third kappa shape index (κ3) is 5.44. The summed E-state index contributed by atoms with van der Waals surface area (Å²) < 4.78 is 1.80. The number of hydrogen-bond donors (Lipinski definition) is 1. The lowest BCUT2D eigenvalue weighted by Crippen LogP contribution is -2.15. The molecule has 0 aliphatic carbocycles. The van der Waals surface area contributed by atoms with Gasteiger partial charge >= 0.3 is 0 Å². The number of benzene rings is 1. The van der Waals surface area contributed by atoms with Crippen molar-refractivity contribution in [2.24, 2.45) is 0 Å². The summed E-state index contributed by atoms with van der Waals surface area (Å²) in [5.41, 5.74) is 5.20. The van der Waals surface area contributed by atoms with E-state index in [1.807, 2.05) is 31.2 Å². The Labute approximate surface area is 164 Å². The number of nitrogens with one attached hydrogen (secondary N) is 1. The smallest absolute Gasteiger partial charge is 0.226 e. The van der Waals surface area contributed by atoms with E-state index in [9.17, 15) is 4.79 Å². The number of carbonyl (C=O) groups excluding carboxylic acids is 1. The van der Waals surface area contributed by atoms with Crippen LogP contribution in [0.2, 0.25) is 0 Å². The standard InChI is InChI=1S/C21H24N4OS/c1-15-10-16(2)12-19(11-15)25-20(13-17(3)24-25)23-21(26)7-9-27-14-18-6-4-5-8-22-18/h4-6,8,10-13H,7,9,14H2,1-3H3,(H,23,26). The van der Waals surface area contributed by atoms with E-state index < -0.39 is 0 Å². The fraction of sp³-hybridized carbons (Fsp3) is 0.286. The van der Waals surface area contributed by atoms with Crippen molar-refractivity contribution in [1.82, 2.24) is 14.8 Å². The Kier molecular flexibility index (Phi) is 6.29. The van der Waals surface area contributed by atoms with Crippen LogP contribution in [0.5, 0.6) is 0 Å². The zero-order chi connectivity index (χ0) is 19.2. The Morgan fingerprint density at radius 1 is 1.11 bits per heavy atom. The molecule has 0 saturated carbocycles. The number of carbonyl (C=O) groups is 1. The molecule has 0 unspecified atom stereocenters. The molecule has 0 fully saturated rings. The summed E-state index contributed by atoms with van der Waals surface area (Å²) in [5, 5.41) is 7.54. The zero-order valence-electron chi connectivity index (χ0n) is 15.9. The quantitative estimate of drug-likeness (QED) is 0.615. The van der Waals surface area contributed by atoms with Crippen LogP contribution in [-0.2, 0) is 10.5 Å². The molecule has 1 amide bonds. The molecule has 1 N–H and O–H groups in total. The highest BCUT2D eigenvalue weighted by Gasteiger charge is 2.11. The summed E-state index contributed by atoms with van der Waals surface area (Å²) in [7, 11) is 0. The normalized spacial score (nSPS) is 10.8. The Hall–Kier alpha value is -2.60. The van der Waals surface area contributed by atoms with Crippen LogP contribution in [0.1, 0.15) is 28.9 Å². The van der Waals surface area contributed by atoms with Crippen molar-refractivity contribution in [3.8, 4) is 5.69 Å². The molecule has 0 radical (unpaired) electrons. The average Bonchev–Trinajstić information content (AvgIpc) is 2.99. The number of hydrogen-bond acceptors (Lipinski definition) is 4. The molecule has 3 rings (SSSR count). The summed E-state index contributed by atoms with van der Waals surface area (Å²) in [6.07, 6.45) is 2.24. The molecular weight excluding hydrogens is 356 g/mol. The summed E-state index contributed by atoms with van der Waals surface area (Å²) in [5.74, 6) is 2.26. The number of nitrogens with zero attached hydrogens (tertiary/aromatic N) is 3. The van der Waals surface area contributed by atoms with E-state index in [0.717, 1.165) is 28.6 Å². The highest BCUT2D eigenvalue weighted by Crippen LogP contribution is 2.20. The van der Waals surface area contributed by atoms with Crippen molar-refractivity contribution in [2.75, 3.05) is 11.1 Å². The van der Waals surface area contributed by atoms with Crippen LogP contribution in [0.4, 0.5) is 5.82 Å². The van der Waals surface area contributed by atoms with Crippen LogP contribution < -0.4 is 5.32 Å². The lowest BCUT2D eigenvalue weighted by molar-refractivity contribution is -0.115. The number of aromatic nitrogens is 3. The van der Waals surface area contributed by atoms with Crippen LogP contribution >= 0.6 is 11.8 Å². The highest BCUT2D eigenvalue weighted by atomic mass is 32.2. The molecule has 6 heteroatoms. The minimum absolute atomic E-state index is 0.00551. The molecule has 0 saturated heterocycles. The van der Waals surface area contributed by atoms with Gasteiger partial charge in [-0.25, -0.2) is 4.68 Å². The maximum atomic E-state index is 12.4. The van der Waals surface area contributed by atoms with Gasteiger partial charge in [0.2, 0.25) is 5.91 Å². The fourth-order valence-electron chi connectivity index (χ4n) is 2.89. The van der Waals surface area contributed by atoms with Gasteiger partial charge in [-0.15, -0.1) is 0 Å². The van der Waals surface area contributed by atoms with Crippen LogP contribution in [0.25, 0.3) is 5.69 Å². The number of rotatable bonds is 7. The first-order chi connectivity index (χ1) is 13.0. The van der Waals surface area contributed by atoms with Crippen molar-refractivity contribution in [2.45, 2.75) is 32.9 Å². The molecular formula is C21H24N4OS. The molecule has 2 heterocycles. The number of thioether (sulfide) groups is 1. The molecule has 3 aromatic rings. The van der Waals surface area contributed by atoms with Gasteiger partial charge in [0.15, 0.2) is 0 Å². The minimum atomic E-state index is -0.00551. The zero-order valence-corrected chi connectivity index (χ0v) is 16.7. The van der Waals surface area contributed by atoms with Gasteiger partial charge in [-0.2, -0.15) is 16.9 Å². The largest absolute Gasteiger partial charge is 0.311 e. The van der Waals surface area contributed by atoms with E-state index in [-0.39, 0.29) is 5.91 Å². The second-order valence-electron chi connectivity index (χ2n) is 6.60. The number of anilines is 1. The molecule has 0 spiro atoms. The second-order valence-corrected chi connectivity index (χ2v) is 7.71. The topological polar surface area (TPSA) is 59.8 Å². The van der Waals surface area contributed by atoms with Gasteiger partial charge in [-0.3, -0.25) is 9.78 Å². The molecule has 27 heavy (non-hydrogen) atoms. The van der Waals surface area contributed by atoms with E-state index >= 15 is 0 Å². The van der Waals surface area contributed by atoms with E-state index in [4.69, 9.17) is 0 Å². The van der Waals surface area contributed by atoms with Gasteiger partial charge in [-0.05, 0) is 56.2 Å². The minimum Gasteiger partial charge on any atom is -0.311 e. The fourth-order valence-corrected chi connectivity index (χ4v) is 3.74. The molecule has 0 atom stereocenters. The summed E-state index contributed by atoms with van der Waals surface area (Å²) >= 11 is 1.71. The molecule has 0 bridgehead atoms. The van der Waals surface area contributed by atoms with Gasteiger partial charge in [0.1, 0.15) is 5.82 Å². The molecule has 1 aromatic carbocycles. The molecule has 140 valence electrons. The third-order valence-electron chi connectivity index (χ3n) is 4.00. The third-order valence-corrected chi connectivity index (χ3v) is 4.99. The first-order valence-corrected chi connectivity index (χ1v) is 10.1. The van der Waals surface area contributed by atoms with E-state index in [1.54, 1.807) is 22.6 Å². The van der Waals surface area contributed by atoms with Crippen molar-refractivity contribution < 1.29 is 4.79 Å². The monoisotopic (exact) mass is 380 g/mol. The number of amides is 1. The van der Waals surface area contributed by atoms with E-state index in [0.29, 0.717) is 12.2 Å². The first-order valence-electron chi connectivity index (χ1n) is 8.94. The van der Waals surface area contributed by atoms with Gasteiger partial charge in [0.25, 0.3) is 0 Å². The van der Waals surface area contributed by atoms with Crippen molar-refractivity contribution in [1.29, 1.82) is 0 Å². The highest BCUT2D eigenvalue weighted by molar-refractivity contribution is 7.98. The Bertz CT molecular complexity index is 901. The predicted octanol–water partition coefficient (Wildman–Crippen LogP) is 4.45. The summed E-state index contributed by atoms with van der Waals surface area (Å²) in [6, 6.07) is 14.0.